The van der Waals surface area contributed by atoms with Gasteiger partial charge in [-0.05, 0) is 55.7 Å². The number of hydrogen-bond acceptors (Lipinski definition) is 8. The second kappa shape index (κ2) is 15.3. The largest absolute Gasteiger partial charge is 0.465 e. The van der Waals surface area contributed by atoms with Crippen LogP contribution in [0.25, 0.3) is 0 Å². The summed E-state index contributed by atoms with van der Waals surface area (Å²) in [6.45, 7) is 2.34. The van der Waals surface area contributed by atoms with Gasteiger partial charge < -0.3 is 36.2 Å². The molecule has 242 valence electrons. The van der Waals surface area contributed by atoms with E-state index in [1.165, 1.54) is 6.07 Å². The van der Waals surface area contributed by atoms with Crippen molar-refractivity contribution in [1.29, 1.82) is 5.26 Å². The van der Waals surface area contributed by atoms with E-state index >= 15 is 0 Å². The summed E-state index contributed by atoms with van der Waals surface area (Å²) < 4.78 is 41.4. The lowest BCUT2D eigenvalue weighted by Crippen LogP contribution is -2.57. The molecule has 2 aliphatic heterocycles. The molecule has 0 bridgehead atoms. The van der Waals surface area contributed by atoms with Crippen LogP contribution in [0.1, 0.15) is 42.6 Å². The Morgan fingerprint density at radius 1 is 0.911 bits per heavy atom. The zero-order chi connectivity index (χ0) is 32.4. The van der Waals surface area contributed by atoms with E-state index in [1.807, 2.05) is 12.1 Å². The fraction of sp³-hybridized carbons (Fsp3) is 0.517. The van der Waals surface area contributed by atoms with Gasteiger partial charge in [0.15, 0.2) is 0 Å². The van der Waals surface area contributed by atoms with Crippen molar-refractivity contribution in [1.82, 2.24) is 31.2 Å². The summed E-state index contributed by atoms with van der Waals surface area (Å²) in [5, 5.41) is 27.7. The number of aromatic nitrogens is 2. The predicted octanol–water partition coefficient (Wildman–Crippen LogP) is 2.48. The molecule has 1 aromatic heterocycles. The standard InChI is InChI=1S/C29H36F3N9O4/c30-29(31,32)26-38-23(40-14-7-20(8-15-40)6-11-35-27(43)36-12-13-37-28(44)45)17-24(39-26)41-16-9-22(41)25(42)34-10-5-19-1-3-21(18-33)4-2-19/h1-4,17,20,22,37H,5-16H2,(H,34,42)(H,44,45)(H2,35,36,43). The number of benzene rings is 1. The smallest absolute Gasteiger partial charge is 0.451 e. The summed E-state index contributed by atoms with van der Waals surface area (Å²) in [5.41, 5.74) is 1.49. The molecule has 2 saturated heterocycles. The number of carbonyl (C=O) groups excluding carboxylic acids is 2. The van der Waals surface area contributed by atoms with Gasteiger partial charge in [-0.1, -0.05) is 12.1 Å². The minimum atomic E-state index is -4.76. The molecule has 16 heteroatoms. The lowest BCUT2D eigenvalue weighted by atomic mass is 9.93. The minimum absolute atomic E-state index is 0.0571. The Balaban J connectivity index is 1.29. The molecule has 0 saturated carbocycles. The van der Waals surface area contributed by atoms with Crippen LogP contribution < -0.4 is 31.1 Å². The highest BCUT2D eigenvalue weighted by Gasteiger charge is 2.40. The van der Waals surface area contributed by atoms with Crippen molar-refractivity contribution < 1.29 is 32.7 Å². The number of rotatable bonds is 12. The third-order valence-corrected chi connectivity index (χ3v) is 7.83. The molecule has 3 heterocycles. The van der Waals surface area contributed by atoms with Crippen molar-refractivity contribution in [2.45, 2.75) is 44.3 Å². The molecule has 2 fully saturated rings. The number of alkyl halides is 3. The van der Waals surface area contributed by atoms with E-state index in [0.717, 1.165) is 5.56 Å². The van der Waals surface area contributed by atoms with Crippen molar-refractivity contribution in [3.63, 3.8) is 0 Å². The second-order valence-electron chi connectivity index (χ2n) is 10.9. The minimum Gasteiger partial charge on any atom is -0.465 e. The molecule has 2 aromatic rings. The van der Waals surface area contributed by atoms with E-state index in [-0.39, 0.29) is 36.6 Å². The quantitative estimate of drug-likeness (QED) is 0.220. The highest BCUT2D eigenvalue weighted by Crippen LogP contribution is 2.34. The number of piperidine rings is 1. The molecule has 1 aromatic carbocycles. The average molecular weight is 632 g/mol. The van der Waals surface area contributed by atoms with Crippen LogP contribution in [0.4, 0.5) is 34.4 Å². The first-order chi connectivity index (χ1) is 21.5. The van der Waals surface area contributed by atoms with Gasteiger partial charge in [-0.3, -0.25) is 4.79 Å². The number of amides is 4. The maximum atomic E-state index is 13.8. The number of nitriles is 1. The van der Waals surface area contributed by atoms with E-state index in [0.29, 0.717) is 70.4 Å². The first-order valence-corrected chi connectivity index (χ1v) is 14.8. The predicted molar refractivity (Wildman–Crippen MR) is 158 cm³/mol. The van der Waals surface area contributed by atoms with E-state index in [2.05, 4.69) is 37.3 Å². The fourth-order valence-electron chi connectivity index (χ4n) is 5.23. The first-order valence-electron chi connectivity index (χ1n) is 14.8. The summed E-state index contributed by atoms with van der Waals surface area (Å²) >= 11 is 0. The van der Waals surface area contributed by atoms with Gasteiger partial charge in [0.2, 0.25) is 11.7 Å². The van der Waals surface area contributed by atoms with Crippen LogP contribution in [0.2, 0.25) is 0 Å². The zero-order valence-corrected chi connectivity index (χ0v) is 24.6. The second-order valence-corrected chi connectivity index (χ2v) is 10.9. The highest BCUT2D eigenvalue weighted by atomic mass is 19.4. The monoisotopic (exact) mass is 631 g/mol. The van der Waals surface area contributed by atoms with Gasteiger partial charge in [0.25, 0.3) is 0 Å². The Hall–Kier alpha value is -4.81. The van der Waals surface area contributed by atoms with E-state index < -0.39 is 30.2 Å². The number of urea groups is 1. The number of nitrogens with one attached hydrogen (secondary N) is 4. The Morgan fingerprint density at radius 2 is 1.58 bits per heavy atom. The Morgan fingerprint density at radius 3 is 2.20 bits per heavy atom. The topological polar surface area (TPSA) is 176 Å². The summed E-state index contributed by atoms with van der Waals surface area (Å²) in [4.78, 5) is 46.1. The Bertz CT molecular complexity index is 1380. The highest BCUT2D eigenvalue weighted by molar-refractivity contribution is 5.86. The summed E-state index contributed by atoms with van der Waals surface area (Å²) in [6, 6.07) is 9.54. The third kappa shape index (κ3) is 9.59. The maximum absolute atomic E-state index is 13.8. The van der Waals surface area contributed by atoms with Crippen molar-refractivity contribution in [2.24, 2.45) is 5.92 Å². The molecule has 1 atom stereocenters. The Labute approximate surface area is 258 Å². The lowest BCUT2D eigenvalue weighted by molar-refractivity contribution is -0.144. The van der Waals surface area contributed by atoms with Crippen molar-refractivity contribution in [2.75, 3.05) is 55.6 Å². The number of carbonyl (C=O) groups is 3. The van der Waals surface area contributed by atoms with Gasteiger partial charge in [0.05, 0.1) is 11.6 Å². The normalized spacial score (nSPS) is 16.7. The number of nitrogens with zero attached hydrogens (tertiary/aromatic N) is 5. The molecule has 4 rings (SSSR count). The molecule has 0 aliphatic carbocycles. The van der Waals surface area contributed by atoms with Crippen LogP contribution in [-0.4, -0.2) is 85.0 Å². The molecule has 4 amide bonds. The van der Waals surface area contributed by atoms with Gasteiger partial charge in [0, 0.05) is 51.9 Å². The van der Waals surface area contributed by atoms with Crippen molar-refractivity contribution in [3.8, 4) is 6.07 Å². The maximum Gasteiger partial charge on any atom is 0.451 e. The van der Waals surface area contributed by atoms with Crippen LogP contribution in [0.5, 0.6) is 0 Å². The van der Waals surface area contributed by atoms with Gasteiger partial charge in [0.1, 0.15) is 17.7 Å². The van der Waals surface area contributed by atoms with Crippen LogP contribution >= 0.6 is 0 Å². The van der Waals surface area contributed by atoms with Crippen molar-refractivity contribution >= 4 is 29.7 Å². The molecule has 0 radical (unpaired) electrons. The van der Waals surface area contributed by atoms with E-state index in [4.69, 9.17) is 10.4 Å². The Kier molecular flexibility index (Phi) is 11.2. The van der Waals surface area contributed by atoms with E-state index in [1.54, 1.807) is 21.9 Å². The molecular formula is C29H36F3N9O4. The molecule has 13 nitrogen and oxygen atoms in total. The number of halogens is 3. The summed E-state index contributed by atoms with van der Waals surface area (Å²) in [5.74, 6) is -1.07. The van der Waals surface area contributed by atoms with E-state index in [9.17, 15) is 27.6 Å². The SMILES string of the molecule is N#Cc1ccc(CCNC(=O)C2CCN2c2cc(N3CCC(CCNC(=O)NCCNC(=O)O)CC3)nc(C(F)(F)F)n2)cc1. The number of anilines is 2. The van der Waals surface area contributed by atoms with Crippen molar-refractivity contribution in [3.05, 3.63) is 47.3 Å². The summed E-state index contributed by atoms with van der Waals surface area (Å²) in [6.07, 6.45) is -2.82. The molecule has 0 spiro atoms. The first kappa shape index (κ1) is 33.1. The molecular weight excluding hydrogens is 595 g/mol. The van der Waals surface area contributed by atoms with Gasteiger partial charge in [-0.2, -0.15) is 18.4 Å². The zero-order valence-electron chi connectivity index (χ0n) is 24.6. The molecule has 1 unspecified atom stereocenters. The summed E-state index contributed by atoms with van der Waals surface area (Å²) in [7, 11) is 0. The van der Waals surface area contributed by atoms with Gasteiger partial charge in [-0.15, -0.1) is 0 Å². The average Bonchev–Trinajstić information content (AvgIpc) is 2.99. The number of hydrogen-bond donors (Lipinski definition) is 5. The van der Waals surface area contributed by atoms with Crippen LogP contribution in [-0.2, 0) is 17.4 Å². The molecule has 2 aliphatic rings. The van der Waals surface area contributed by atoms with Gasteiger partial charge >= 0.3 is 18.3 Å². The fourth-order valence-corrected chi connectivity index (χ4v) is 5.23. The molecule has 45 heavy (non-hydrogen) atoms. The van der Waals surface area contributed by atoms with Gasteiger partial charge in [-0.25, -0.2) is 19.6 Å². The van der Waals surface area contributed by atoms with Crippen LogP contribution in [0, 0.1) is 17.2 Å². The van der Waals surface area contributed by atoms with Crippen LogP contribution in [0.3, 0.4) is 0 Å². The molecule has 5 N–H and O–H groups in total. The third-order valence-electron chi connectivity index (χ3n) is 7.83. The lowest BCUT2D eigenvalue weighted by Gasteiger charge is -2.41. The van der Waals surface area contributed by atoms with Crippen LogP contribution in [0.15, 0.2) is 30.3 Å². The number of carboxylic acid groups (broad SMARTS) is 1.